The number of anilines is 1. The monoisotopic (exact) mass is 335 g/mol. The zero-order valence-corrected chi connectivity index (χ0v) is 13.8. The molecule has 3 aromatic heterocycles. The third-order valence-electron chi connectivity index (χ3n) is 3.24. The molecular weight excluding hydrogens is 322 g/mol. The van der Waals surface area contributed by atoms with Crippen LogP contribution in [0.5, 0.6) is 0 Å². The number of carbonyl (C=O) groups excluding carboxylic acids is 1. The standard InChI is InChI=1S/C13H13N5O2S2/c1-6-7(2)21-11-10(6)12(20)18(5-14-11)4-9(19)15-13-17-16-8(3)22-13/h5H,4H2,1-3H3,(H,15,17,19). The van der Waals surface area contributed by atoms with Gasteiger partial charge in [0.1, 0.15) is 16.4 Å². The molecular formula is C13H13N5O2S2. The summed E-state index contributed by atoms with van der Waals surface area (Å²) in [5, 5.41) is 12.0. The molecule has 0 fully saturated rings. The molecule has 0 bridgehead atoms. The van der Waals surface area contributed by atoms with E-state index in [4.69, 9.17) is 0 Å². The quantitative estimate of drug-likeness (QED) is 0.789. The second-order valence-corrected chi connectivity index (χ2v) is 7.20. The molecule has 9 heteroatoms. The van der Waals surface area contributed by atoms with Crippen molar-refractivity contribution in [2.24, 2.45) is 0 Å². The average molecular weight is 335 g/mol. The van der Waals surface area contributed by atoms with Crippen LogP contribution in [-0.4, -0.2) is 25.7 Å². The molecule has 0 aromatic carbocycles. The van der Waals surface area contributed by atoms with Gasteiger partial charge in [-0.2, -0.15) is 0 Å². The van der Waals surface area contributed by atoms with Crippen molar-refractivity contribution in [1.82, 2.24) is 19.7 Å². The highest BCUT2D eigenvalue weighted by Crippen LogP contribution is 2.25. The second kappa shape index (κ2) is 5.58. The number of carbonyl (C=O) groups is 1. The summed E-state index contributed by atoms with van der Waals surface area (Å²) in [5.74, 6) is -0.330. The Hall–Kier alpha value is -2.13. The Morgan fingerprint density at radius 1 is 1.27 bits per heavy atom. The van der Waals surface area contributed by atoms with Crippen molar-refractivity contribution in [1.29, 1.82) is 0 Å². The van der Waals surface area contributed by atoms with Crippen LogP contribution in [0.4, 0.5) is 5.13 Å². The van der Waals surface area contributed by atoms with Crippen molar-refractivity contribution in [2.45, 2.75) is 27.3 Å². The Bertz CT molecular complexity index is 924. The summed E-state index contributed by atoms with van der Waals surface area (Å²) in [6, 6.07) is 0. The summed E-state index contributed by atoms with van der Waals surface area (Å²) < 4.78 is 1.31. The Morgan fingerprint density at radius 2 is 2.05 bits per heavy atom. The number of nitrogens with zero attached hydrogens (tertiary/aromatic N) is 4. The summed E-state index contributed by atoms with van der Waals surface area (Å²) in [5.41, 5.74) is 0.724. The van der Waals surface area contributed by atoms with Gasteiger partial charge in [0, 0.05) is 4.88 Å². The number of thiophene rings is 1. The minimum Gasteiger partial charge on any atom is -0.299 e. The van der Waals surface area contributed by atoms with Gasteiger partial charge in [-0.25, -0.2) is 4.98 Å². The van der Waals surface area contributed by atoms with E-state index in [9.17, 15) is 9.59 Å². The van der Waals surface area contributed by atoms with Crippen LogP contribution in [0.25, 0.3) is 10.2 Å². The number of aryl methyl sites for hydroxylation is 3. The van der Waals surface area contributed by atoms with Crippen molar-refractivity contribution < 1.29 is 4.79 Å². The van der Waals surface area contributed by atoms with Gasteiger partial charge in [0.2, 0.25) is 11.0 Å². The molecule has 0 unspecified atom stereocenters. The van der Waals surface area contributed by atoms with Crippen LogP contribution in [0.1, 0.15) is 15.4 Å². The molecule has 3 aromatic rings. The maximum Gasteiger partial charge on any atom is 0.262 e. The third kappa shape index (κ3) is 2.64. The first-order valence-corrected chi connectivity index (χ1v) is 8.14. The number of fused-ring (bicyclic) bond motifs is 1. The smallest absolute Gasteiger partial charge is 0.262 e. The van der Waals surface area contributed by atoms with E-state index in [1.54, 1.807) is 6.92 Å². The maximum atomic E-state index is 12.5. The topological polar surface area (TPSA) is 89.8 Å². The molecule has 0 aliphatic carbocycles. The van der Waals surface area contributed by atoms with Crippen molar-refractivity contribution in [3.63, 3.8) is 0 Å². The fourth-order valence-corrected chi connectivity index (χ4v) is 3.64. The zero-order valence-electron chi connectivity index (χ0n) is 12.2. The summed E-state index contributed by atoms with van der Waals surface area (Å²) >= 11 is 2.77. The highest BCUT2D eigenvalue weighted by Gasteiger charge is 2.14. The van der Waals surface area contributed by atoms with E-state index in [2.05, 4.69) is 20.5 Å². The van der Waals surface area contributed by atoms with E-state index in [0.717, 1.165) is 15.4 Å². The summed E-state index contributed by atoms with van der Waals surface area (Å²) in [4.78, 5) is 30.5. The number of hydrogen-bond acceptors (Lipinski definition) is 7. The first-order chi connectivity index (χ1) is 10.5. The number of nitrogens with one attached hydrogen (secondary N) is 1. The largest absolute Gasteiger partial charge is 0.299 e. The molecule has 3 heterocycles. The molecule has 0 saturated carbocycles. The average Bonchev–Trinajstić information content (AvgIpc) is 2.98. The van der Waals surface area contributed by atoms with E-state index in [1.807, 2.05) is 13.8 Å². The van der Waals surface area contributed by atoms with Crippen LogP contribution in [0.2, 0.25) is 0 Å². The molecule has 0 saturated heterocycles. The Balaban J connectivity index is 1.87. The molecule has 0 spiro atoms. The highest BCUT2D eigenvalue weighted by molar-refractivity contribution is 7.18. The fraction of sp³-hybridized carbons (Fsp3) is 0.308. The normalized spacial score (nSPS) is 11.0. The molecule has 7 nitrogen and oxygen atoms in total. The number of hydrogen-bond donors (Lipinski definition) is 1. The predicted octanol–water partition coefficient (Wildman–Crippen LogP) is 1.87. The lowest BCUT2D eigenvalue weighted by atomic mass is 10.2. The lowest BCUT2D eigenvalue weighted by Crippen LogP contribution is -2.27. The second-order valence-electron chi connectivity index (χ2n) is 4.82. The molecule has 0 radical (unpaired) electrons. The van der Waals surface area contributed by atoms with Gasteiger partial charge in [-0.15, -0.1) is 21.5 Å². The number of rotatable bonds is 3. The van der Waals surface area contributed by atoms with Gasteiger partial charge in [0.05, 0.1) is 11.7 Å². The lowest BCUT2D eigenvalue weighted by Gasteiger charge is -2.05. The van der Waals surface area contributed by atoms with Crippen LogP contribution in [0.15, 0.2) is 11.1 Å². The maximum absolute atomic E-state index is 12.5. The van der Waals surface area contributed by atoms with Gasteiger partial charge in [0.25, 0.3) is 5.56 Å². The first kappa shape index (κ1) is 14.8. The van der Waals surface area contributed by atoms with E-state index in [0.29, 0.717) is 15.3 Å². The Kier molecular flexibility index (Phi) is 3.75. The van der Waals surface area contributed by atoms with Crippen LogP contribution < -0.4 is 10.9 Å². The van der Waals surface area contributed by atoms with Gasteiger partial charge in [-0.3, -0.25) is 19.5 Å². The SMILES string of the molecule is Cc1nnc(NC(=O)Cn2cnc3sc(C)c(C)c3c2=O)s1. The Morgan fingerprint density at radius 3 is 2.73 bits per heavy atom. The number of amides is 1. The van der Waals surface area contributed by atoms with E-state index < -0.39 is 0 Å². The molecule has 22 heavy (non-hydrogen) atoms. The van der Waals surface area contributed by atoms with Gasteiger partial charge >= 0.3 is 0 Å². The van der Waals surface area contributed by atoms with E-state index in [1.165, 1.54) is 33.6 Å². The fourth-order valence-electron chi connectivity index (χ4n) is 2.04. The molecule has 0 aliphatic heterocycles. The lowest BCUT2D eigenvalue weighted by molar-refractivity contribution is -0.116. The van der Waals surface area contributed by atoms with Crippen molar-refractivity contribution in [3.05, 3.63) is 32.1 Å². The van der Waals surface area contributed by atoms with Gasteiger partial charge < -0.3 is 0 Å². The van der Waals surface area contributed by atoms with E-state index in [-0.39, 0.29) is 18.0 Å². The van der Waals surface area contributed by atoms with Gasteiger partial charge in [-0.1, -0.05) is 11.3 Å². The van der Waals surface area contributed by atoms with Gasteiger partial charge in [-0.05, 0) is 26.3 Å². The molecule has 1 N–H and O–H groups in total. The van der Waals surface area contributed by atoms with Crippen LogP contribution in [-0.2, 0) is 11.3 Å². The molecule has 3 rings (SSSR count). The third-order valence-corrected chi connectivity index (χ3v) is 5.11. The van der Waals surface area contributed by atoms with Crippen LogP contribution in [0, 0.1) is 20.8 Å². The summed E-state index contributed by atoms with van der Waals surface area (Å²) in [6.45, 7) is 5.55. The summed E-state index contributed by atoms with van der Waals surface area (Å²) in [6.07, 6.45) is 1.41. The molecule has 114 valence electrons. The molecule has 0 aliphatic rings. The minimum atomic E-state index is -0.330. The zero-order chi connectivity index (χ0) is 15.9. The van der Waals surface area contributed by atoms with Crippen molar-refractivity contribution >= 4 is 43.9 Å². The first-order valence-electron chi connectivity index (χ1n) is 6.51. The minimum absolute atomic E-state index is 0.102. The van der Waals surface area contributed by atoms with Crippen LogP contribution in [0.3, 0.4) is 0 Å². The van der Waals surface area contributed by atoms with Crippen molar-refractivity contribution in [3.8, 4) is 0 Å². The number of aromatic nitrogens is 4. The van der Waals surface area contributed by atoms with Crippen molar-refractivity contribution in [2.75, 3.05) is 5.32 Å². The van der Waals surface area contributed by atoms with E-state index >= 15 is 0 Å². The summed E-state index contributed by atoms with van der Waals surface area (Å²) in [7, 11) is 0. The van der Waals surface area contributed by atoms with Gasteiger partial charge in [0.15, 0.2) is 0 Å². The predicted molar refractivity (Wildman–Crippen MR) is 86.6 cm³/mol. The molecule has 1 amide bonds. The Labute approximate surface area is 133 Å². The highest BCUT2D eigenvalue weighted by atomic mass is 32.1. The molecule has 0 atom stereocenters. The van der Waals surface area contributed by atoms with Crippen LogP contribution >= 0.6 is 22.7 Å².